The zero-order valence-electron chi connectivity index (χ0n) is 18.2. The molecule has 4 aromatic rings. The van der Waals surface area contributed by atoms with Crippen LogP contribution in [0.5, 0.6) is 5.75 Å². The van der Waals surface area contributed by atoms with Crippen molar-refractivity contribution in [2.24, 2.45) is 5.10 Å². The number of aryl methyl sites for hydroxylation is 1. The van der Waals surface area contributed by atoms with Crippen LogP contribution in [0.3, 0.4) is 0 Å². The van der Waals surface area contributed by atoms with Crippen molar-refractivity contribution in [2.75, 3.05) is 5.75 Å². The SMILES string of the molecule is Cc1ccc(-c2nnc(SCC(=O)NN=Cc3cc(Br)cc(Br)c3O)n2-c2ccc(Cl)cc2)cc1. The lowest BCUT2D eigenvalue weighted by Gasteiger charge is -2.10. The number of amides is 1. The smallest absolute Gasteiger partial charge is 0.250 e. The normalized spacial score (nSPS) is 11.2. The molecule has 3 aromatic carbocycles. The fraction of sp³-hybridized carbons (Fsp3) is 0.0833. The second-order valence-electron chi connectivity index (χ2n) is 7.39. The summed E-state index contributed by atoms with van der Waals surface area (Å²) in [5, 5.41) is 23.9. The number of nitrogens with zero attached hydrogens (tertiary/aromatic N) is 4. The monoisotopic (exact) mass is 633 g/mol. The van der Waals surface area contributed by atoms with Crippen molar-refractivity contribution in [3.05, 3.63) is 85.8 Å². The van der Waals surface area contributed by atoms with Gasteiger partial charge in [-0.2, -0.15) is 5.10 Å². The largest absolute Gasteiger partial charge is 0.506 e. The van der Waals surface area contributed by atoms with Crippen LogP contribution in [0.15, 0.2) is 79.9 Å². The fourth-order valence-corrected chi connectivity index (χ4v) is 5.22. The number of phenols is 1. The number of hydrazone groups is 1. The number of carbonyl (C=O) groups is 1. The molecule has 35 heavy (non-hydrogen) atoms. The van der Waals surface area contributed by atoms with E-state index in [9.17, 15) is 9.90 Å². The van der Waals surface area contributed by atoms with E-state index in [4.69, 9.17) is 11.6 Å². The van der Waals surface area contributed by atoms with Crippen molar-refractivity contribution in [2.45, 2.75) is 12.1 Å². The van der Waals surface area contributed by atoms with Crippen LogP contribution in [0.1, 0.15) is 11.1 Å². The predicted molar refractivity (Wildman–Crippen MR) is 147 cm³/mol. The van der Waals surface area contributed by atoms with E-state index < -0.39 is 0 Å². The third-order valence-corrected chi connectivity index (χ3v) is 7.05. The zero-order chi connectivity index (χ0) is 24.9. The second-order valence-corrected chi connectivity index (χ2v) is 10.5. The van der Waals surface area contributed by atoms with Crippen LogP contribution >= 0.6 is 55.2 Å². The molecule has 7 nitrogen and oxygen atoms in total. The molecule has 4 rings (SSSR count). The number of nitrogens with one attached hydrogen (secondary N) is 1. The van der Waals surface area contributed by atoms with E-state index in [1.165, 1.54) is 18.0 Å². The number of thioether (sulfide) groups is 1. The van der Waals surface area contributed by atoms with Crippen molar-refractivity contribution in [3.8, 4) is 22.8 Å². The van der Waals surface area contributed by atoms with Gasteiger partial charge < -0.3 is 5.11 Å². The number of benzene rings is 3. The highest BCUT2D eigenvalue weighted by Crippen LogP contribution is 2.31. The third kappa shape index (κ3) is 6.32. The maximum atomic E-state index is 12.4. The first-order valence-corrected chi connectivity index (χ1v) is 13.2. The van der Waals surface area contributed by atoms with Gasteiger partial charge in [-0.3, -0.25) is 9.36 Å². The molecular formula is C24H18Br2ClN5O2S. The number of aromatic hydroxyl groups is 1. The summed E-state index contributed by atoms with van der Waals surface area (Å²) in [6, 6.07) is 18.7. The summed E-state index contributed by atoms with van der Waals surface area (Å²) in [6.07, 6.45) is 1.37. The molecule has 0 radical (unpaired) electrons. The second kappa shape index (κ2) is 11.4. The Bertz CT molecular complexity index is 1390. The average molecular weight is 636 g/mol. The van der Waals surface area contributed by atoms with Gasteiger partial charge >= 0.3 is 0 Å². The van der Waals surface area contributed by atoms with Crippen molar-refractivity contribution >= 4 is 67.3 Å². The third-order valence-electron chi connectivity index (χ3n) is 4.81. The van der Waals surface area contributed by atoms with E-state index in [0.717, 1.165) is 21.3 Å². The topological polar surface area (TPSA) is 92.4 Å². The number of halogens is 3. The van der Waals surface area contributed by atoms with Crippen molar-refractivity contribution in [3.63, 3.8) is 0 Å². The summed E-state index contributed by atoms with van der Waals surface area (Å²) in [7, 11) is 0. The van der Waals surface area contributed by atoms with Crippen LogP contribution < -0.4 is 5.43 Å². The quantitative estimate of drug-likeness (QED) is 0.140. The fourth-order valence-electron chi connectivity index (χ4n) is 3.10. The first-order chi connectivity index (χ1) is 16.8. The number of carbonyl (C=O) groups excluding carboxylic acids is 1. The van der Waals surface area contributed by atoms with Crippen LogP contribution in [0.25, 0.3) is 17.1 Å². The number of rotatable bonds is 7. The summed E-state index contributed by atoms with van der Waals surface area (Å²) in [5.74, 6) is 0.414. The van der Waals surface area contributed by atoms with Gasteiger partial charge in [0.2, 0.25) is 0 Å². The van der Waals surface area contributed by atoms with Gasteiger partial charge in [-0.1, -0.05) is 69.1 Å². The molecular weight excluding hydrogens is 618 g/mol. The van der Waals surface area contributed by atoms with E-state index in [0.29, 0.717) is 26.0 Å². The van der Waals surface area contributed by atoms with Crippen LogP contribution in [0.2, 0.25) is 5.02 Å². The lowest BCUT2D eigenvalue weighted by atomic mass is 10.1. The Kier molecular flexibility index (Phi) is 8.27. The maximum absolute atomic E-state index is 12.4. The Labute approximate surface area is 227 Å². The van der Waals surface area contributed by atoms with Gasteiger partial charge in [-0.15, -0.1) is 10.2 Å². The van der Waals surface area contributed by atoms with Gasteiger partial charge in [0.05, 0.1) is 16.4 Å². The van der Waals surface area contributed by atoms with Gasteiger partial charge in [0.25, 0.3) is 5.91 Å². The maximum Gasteiger partial charge on any atom is 0.250 e. The van der Waals surface area contributed by atoms with E-state index in [1.54, 1.807) is 24.3 Å². The van der Waals surface area contributed by atoms with Gasteiger partial charge in [0, 0.05) is 26.3 Å². The molecule has 11 heteroatoms. The molecule has 0 fully saturated rings. The van der Waals surface area contributed by atoms with Crippen molar-refractivity contribution in [1.29, 1.82) is 0 Å². The molecule has 0 aliphatic rings. The number of hydrogen-bond donors (Lipinski definition) is 2. The minimum Gasteiger partial charge on any atom is -0.506 e. The molecule has 0 atom stereocenters. The zero-order valence-corrected chi connectivity index (χ0v) is 23.0. The molecule has 0 unspecified atom stereocenters. The summed E-state index contributed by atoms with van der Waals surface area (Å²) in [5.41, 5.74) is 5.79. The predicted octanol–water partition coefficient (Wildman–Crippen LogP) is 6.37. The lowest BCUT2D eigenvalue weighted by Crippen LogP contribution is -2.20. The Morgan fingerprint density at radius 2 is 1.86 bits per heavy atom. The minimum atomic E-state index is -0.331. The average Bonchev–Trinajstić information content (AvgIpc) is 3.25. The highest BCUT2D eigenvalue weighted by atomic mass is 79.9. The van der Waals surface area contributed by atoms with Crippen LogP contribution in [-0.2, 0) is 4.79 Å². The molecule has 1 heterocycles. The van der Waals surface area contributed by atoms with Crippen molar-refractivity contribution < 1.29 is 9.90 Å². The molecule has 1 aromatic heterocycles. The van der Waals surface area contributed by atoms with Crippen LogP contribution in [-0.4, -0.2) is 37.7 Å². The van der Waals surface area contributed by atoms with E-state index in [1.807, 2.05) is 47.9 Å². The number of hydrogen-bond acceptors (Lipinski definition) is 6. The first-order valence-electron chi connectivity index (χ1n) is 10.2. The molecule has 1 amide bonds. The molecule has 0 bridgehead atoms. The Hall–Kier alpha value is -2.66. The van der Waals surface area contributed by atoms with Gasteiger partial charge in [0.1, 0.15) is 5.75 Å². The molecule has 0 saturated carbocycles. The van der Waals surface area contributed by atoms with Gasteiger partial charge in [-0.05, 0) is 59.3 Å². The van der Waals surface area contributed by atoms with E-state index in [-0.39, 0.29) is 17.4 Å². The van der Waals surface area contributed by atoms with Crippen LogP contribution in [0.4, 0.5) is 0 Å². The lowest BCUT2D eigenvalue weighted by molar-refractivity contribution is -0.118. The Balaban J connectivity index is 1.51. The molecule has 178 valence electrons. The Morgan fingerprint density at radius 3 is 2.57 bits per heavy atom. The first kappa shape index (κ1) is 25.4. The Morgan fingerprint density at radius 1 is 1.14 bits per heavy atom. The van der Waals surface area contributed by atoms with Gasteiger partial charge in [0.15, 0.2) is 11.0 Å². The van der Waals surface area contributed by atoms with E-state index >= 15 is 0 Å². The highest BCUT2D eigenvalue weighted by molar-refractivity contribution is 9.11. The molecule has 0 spiro atoms. The molecule has 0 aliphatic heterocycles. The summed E-state index contributed by atoms with van der Waals surface area (Å²) >= 11 is 13.9. The van der Waals surface area contributed by atoms with Gasteiger partial charge in [-0.25, -0.2) is 5.43 Å². The summed E-state index contributed by atoms with van der Waals surface area (Å²) in [6.45, 7) is 2.02. The minimum absolute atomic E-state index is 0.0280. The molecule has 0 saturated heterocycles. The van der Waals surface area contributed by atoms with E-state index in [2.05, 4.69) is 52.6 Å². The molecule has 0 aliphatic carbocycles. The highest BCUT2D eigenvalue weighted by Gasteiger charge is 2.17. The van der Waals surface area contributed by atoms with Crippen molar-refractivity contribution in [1.82, 2.24) is 20.2 Å². The number of phenolic OH excluding ortho intramolecular Hbond substituents is 1. The standard InChI is InChI=1S/C24H18Br2ClN5O2S/c1-14-2-4-15(5-3-14)23-30-31-24(32(23)19-8-6-18(27)7-9-19)35-13-21(33)29-28-12-16-10-17(25)11-20(26)22(16)34/h2-12,34H,13H2,1H3,(H,29,33). The molecule has 2 N–H and O–H groups in total. The number of aromatic nitrogens is 3. The summed E-state index contributed by atoms with van der Waals surface area (Å²) in [4.78, 5) is 12.4. The van der Waals surface area contributed by atoms with Crippen LogP contribution in [0, 0.1) is 6.92 Å². The summed E-state index contributed by atoms with van der Waals surface area (Å²) < 4.78 is 3.16.